The van der Waals surface area contributed by atoms with Gasteiger partial charge in [0.2, 0.25) is 0 Å². The van der Waals surface area contributed by atoms with Crippen LogP contribution in [0.15, 0.2) is 42.6 Å². The van der Waals surface area contributed by atoms with Crippen LogP contribution in [0.2, 0.25) is 0 Å². The van der Waals surface area contributed by atoms with Crippen molar-refractivity contribution >= 4 is 22.9 Å². The van der Waals surface area contributed by atoms with Crippen molar-refractivity contribution in [3.05, 3.63) is 54.1 Å². The number of H-pyrrole nitrogens is 1. The number of allylic oxidation sites excluding steroid dienone is 2. The molecule has 1 aliphatic rings. The number of carbonyl (C=O) groups excluding carboxylic acids is 1. The Kier molecular flexibility index (Phi) is 4.29. The quantitative estimate of drug-likeness (QED) is 0.690. The summed E-state index contributed by atoms with van der Waals surface area (Å²) < 4.78 is 19.2. The second kappa shape index (κ2) is 6.75. The van der Waals surface area contributed by atoms with E-state index in [-0.39, 0.29) is 11.7 Å². The molecule has 132 valence electrons. The lowest BCUT2D eigenvalue weighted by atomic mass is 9.89. The van der Waals surface area contributed by atoms with Crippen molar-refractivity contribution in [2.75, 3.05) is 7.11 Å². The van der Waals surface area contributed by atoms with Gasteiger partial charge in [0.05, 0.1) is 7.11 Å². The molecular weight excluding hydrogens is 331 g/mol. The normalized spacial score (nSPS) is 17.2. The van der Waals surface area contributed by atoms with Crippen molar-refractivity contribution in [2.45, 2.75) is 19.3 Å². The first-order valence-corrected chi connectivity index (χ1v) is 8.66. The largest absolute Gasteiger partial charge is 0.496 e. The predicted octanol–water partition coefficient (Wildman–Crippen LogP) is 4.76. The highest BCUT2D eigenvalue weighted by Gasteiger charge is 2.18. The fourth-order valence-corrected chi connectivity index (χ4v) is 3.55. The zero-order chi connectivity index (χ0) is 18.1. The predicted molar refractivity (Wildman–Crippen MR) is 99.4 cm³/mol. The molecule has 1 aromatic carbocycles. The summed E-state index contributed by atoms with van der Waals surface area (Å²) in [7, 11) is 1.58. The van der Waals surface area contributed by atoms with Gasteiger partial charge < -0.3 is 14.5 Å². The van der Waals surface area contributed by atoms with Crippen LogP contribution >= 0.6 is 0 Å². The van der Waals surface area contributed by atoms with Crippen molar-refractivity contribution < 1.29 is 13.9 Å². The molecule has 2 aromatic heterocycles. The second-order valence-corrected chi connectivity index (χ2v) is 6.55. The Bertz CT molecular complexity index is 1010. The minimum atomic E-state index is -0.309. The molecule has 4 nitrogen and oxygen atoms in total. The summed E-state index contributed by atoms with van der Waals surface area (Å²) in [6.45, 7) is 0. The van der Waals surface area contributed by atoms with Crippen LogP contribution in [0.4, 0.5) is 4.39 Å². The van der Waals surface area contributed by atoms with E-state index in [0.717, 1.165) is 47.8 Å². The van der Waals surface area contributed by atoms with Crippen LogP contribution in [0.1, 0.15) is 25.0 Å². The lowest BCUT2D eigenvalue weighted by Crippen LogP contribution is -2.06. The van der Waals surface area contributed by atoms with Gasteiger partial charge in [0.15, 0.2) is 0 Å². The van der Waals surface area contributed by atoms with Gasteiger partial charge in [0.25, 0.3) is 0 Å². The van der Waals surface area contributed by atoms with Crippen molar-refractivity contribution in [1.82, 2.24) is 9.97 Å². The van der Waals surface area contributed by atoms with E-state index in [9.17, 15) is 9.18 Å². The van der Waals surface area contributed by atoms with E-state index in [2.05, 4.69) is 22.1 Å². The van der Waals surface area contributed by atoms with E-state index in [1.54, 1.807) is 19.4 Å². The van der Waals surface area contributed by atoms with Crippen molar-refractivity contribution in [3.8, 4) is 16.9 Å². The minimum absolute atomic E-state index is 0.119. The Morgan fingerprint density at radius 2 is 2.15 bits per heavy atom. The smallest absolute Gasteiger partial charge is 0.138 e. The van der Waals surface area contributed by atoms with E-state index in [1.165, 1.54) is 17.7 Å². The lowest BCUT2D eigenvalue weighted by molar-refractivity contribution is -0.111. The first-order chi connectivity index (χ1) is 12.7. The molecule has 0 aliphatic heterocycles. The zero-order valence-electron chi connectivity index (χ0n) is 14.5. The molecule has 1 N–H and O–H groups in total. The summed E-state index contributed by atoms with van der Waals surface area (Å²) in [6, 6.07) is 8.42. The summed E-state index contributed by atoms with van der Waals surface area (Å²) in [5.74, 6) is 0.428. The van der Waals surface area contributed by atoms with Crippen LogP contribution in [-0.4, -0.2) is 23.4 Å². The highest BCUT2D eigenvalue weighted by atomic mass is 19.1. The zero-order valence-corrected chi connectivity index (χ0v) is 14.5. The van der Waals surface area contributed by atoms with Crippen LogP contribution in [0, 0.1) is 11.7 Å². The molecular formula is C21H19FN2O2. The fourth-order valence-electron chi connectivity index (χ4n) is 3.55. The van der Waals surface area contributed by atoms with Crippen LogP contribution in [0.25, 0.3) is 27.7 Å². The van der Waals surface area contributed by atoms with Gasteiger partial charge in [0, 0.05) is 28.8 Å². The van der Waals surface area contributed by atoms with Gasteiger partial charge in [-0.15, -0.1) is 0 Å². The molecule has 0 amide bonds. The fraction of sp³-hybridized carbons (Fsp3) is 0.238. The number of pyridine rings is 1. The van der Waals surface area contributed by atoms with E-state index in [4.69, 9.17) is 4.74 Å². The molecule has 0 bridgehead atoms. The standard InChI is InChI=1S/C21H19FN2O2/c1-26-20-7-6-15(22)10-17(20)16-8-9-23-21-18(16)11-19(24-21)14-4-2-13(12-25)3-5-14/h4,6-13H,2-3,5H2,1H3,(H,23,24). The van der Waals surface area contributed by atoms with Crippen molar-refractivity contribution in [2.24, 2.45) is 5.92 Å². The third kappa shape index (κ3) is 2.90. The van der Waals surface area contributed by atoms with Gasteiger partial charge in [-0.25, -0.2) is 9.37 Å². The Balaban J connectivity index is 1.81. The molecule has 4 rings (SSSR count). The number of nitrogens with one attached hydrogen (secondary N) is 1. The number of hydrogen-bond acceptors (Lipinski definition) is 3. The molecule has 0 saturated carbocycles. The number of ether oxygens (including phenoxy) is 1. The number of nitrogens with zero attached hydrogens (tertiary/aromatic N) is 1. The Morgan fingerprint density at radius 1 is 1.27 bits per heavy atom. The number of rotatable bonds is 4. The van der Waals surface area contributed by atoms with Crippen LogP contribution < -0.4 is 4.74 Å². The number of aromatic amines is 1. The highest BCUT2D eigenvalue weighted by molar-refractivity contribution is 5.96. The van der Waals surface area contributed by atoms with Crippen LogP contribution in [0.5, 0.6) is 5.75 Å². The lowest BCUT2D eigenvalue weighted by Gasteiger charge is -2.16. The SMILES string of the molecule is COc1ccc(F)cc1-c1ccnc2[nH]c(C3=CCC(C=O)CC3)cc12. The highest BCUT2D eigenvalue weighted by Crippen LogP contribution is 2.37. The Hall–Kier alpha value is -2.95. The first-order valence-electron chi connectivity index (χ1n) is 8.66. The number of aldehydes is 1. The number of hydrogen-bond donors (Lipinski definition) is 1. The molecule has 0 fully saturated rings. The van der Waals surface area contributed by atoms with Crippen LogP contribution in [-0.2, 0) is 4.79 Å². The second-order valence-electron chi connectivity index (χ2n) is 6.55. The topological polar surface area (TPSA) is 55.0 Å². The third-order valence-corrected chi connectivity index (χ3v) is 4.97. The Labute approximate surface area is 150 Å². The summed E-state index contributed by atoms with van der Waals surface area (Å²) in [6.07, 6.45) is 7.35. The molecule has 0 spiro atoms. The maximum atomic E-state index is 13.8. The molecule has 3 aromatic rings. The van der Waals surface area contributed by atoms with Crippen molar-refractivity contribution in [1.29, 1.82) is 0 Å². The number of benzene rings is 1. The maximum Gasteiger partial charge on any atom is 0.138 e. The maximum absolute atomic E-state index is 13.8. The third-order valence-electron chi connectivity index (χ3n) is 4.97. The summed E-state index contributed by atoms with van der Waals surface area (Å²) in [4.78, 5) is 18.7. The molecule has 0 radical (unpaired) electrons. The summed E-state index contributed by atoms with van der Waals surface area (Å²) >= 11 is 0. The van der Waals surface area contributed by atoms with E-state index in [1.807, 2.05) is 6.07 Å². The molecule has 0 saturated heterocycles. The molecule has 2 heterocycles. The van der Waals surface area contributed by atoms with Gasteiger partial charge in [0.1, 0.15) is 23.5 Å². The van der Waals surface area contributed by atoms with Gasteiger partial charge in [-0.3, -0.25) is 0 Å². The molecule has 1 atom stereocenters. The molecule has 5 heteroatoms. The monoisotopic (exact) mass is 350 g/mol. The van der Waals surface area contributed by atoms with E-state index >= 15 is 0 Å². The van der Waals surface area contributed by atoms with Gasteiger partial charge in [-0.05, 0) is 60.7 Å². The molecule has 1 unspecified atom stereocenters. The van der Waals surface area contributed by atoms with E-state index < -0.39 is 0 Å². The van der Waals surface area contributed by atoms with E-state index in [0.29, 0.717) is 11.3 Å². The number of carbonyl (C=O) groups is 1. The average Bonchev–Trinajstić information content (AvgIpc) is 3.12. The minimum Gasteiger partial charge on any atom is -0.496 e. The number of methoxy groups -OCH3 is 1. The summed E-state index contributed by atoms with van der Waals surface area (Å²) in [5.41, 5.74) is 4.51. The molecule has 1 aliphatic carbocycles. The number of fused-ring (bicyclic) bond motifs is 1. The van der Waals surface area contributed by atoms with Gasteiger partial charge >= 0.3 is 0 Å². The Morgan fingerprint density at radius 3 is 2.88 bits per heavy atom. The number of halogens is 1. The van der Waals surface area contributed by atoms with Crippen LogP contribution in [0.3, 0.4) is 0 Å². The average molecular weight is 350 g/mol. The van der Waals surface area contributed by atoms with Gasteiger partial charge in [-0.2, -0.15) is 0 Å². The molecule has 26 heavy (non-hydrogen) atoms. The van der Waals surface area contributed by atoms with Crippen molar-refractivity contribution in [3.63, 3.8) is 0 Å². The number of aromatic nitrogens is 2. The summed E-state index contributed by atoms with van der Waals surface area (Å²) in [5, 5.41) is 0.921. The first kappa shape index (κ1) is 16.5. The van der Waals surface area contributed by atoms with Gasteiger partial charge in [-0.1, -0.05) is 6.08 Å².